The molecule has 1 unspecified atom stereocenters. The first-order chi connectivity index (χ1) is 16.6. The number of aryl methyl sites for hydroxylation is 2. The zero-order valence-corrected chi connectivity index (χ0v) is 21.2. The van der Waals surface area contributed by atoms with Crippen LogP contribution in [0.5, 0.6) is 5.75 Å². The molecule has 0 spiro atoms. The minimum absolute atomic E-state index is 0.00599. The fourth-order valence-electron chi connectivity index (χ4n) is 5.20. The van der Waals surface area contributed by atoms with E-state index in [1.165, 1.54) is 22.4 Å². The minimum Gasteiger partial charge on any atom is -0.497 e. The molecule has 1 aliphatic carbocycles. The third-order valence-electron chi connectivity index (χ3n) is 6.88. The maximum atomic E-state index is 12.9. The van der Waals surface area contributed by atoms with E-state index in [-0.39, 0.29) is 17.5 Å². The van der Waals surface area contributed by atoms with Gasteiger partial charge in [0, 0.05) is 29.6 Å². The number of H-pyrrole nitrogens is 1. The molecule has 1 N–H and O–H groups in total. The summed E-state index contributed by atoms with van der Waals surface area (Å²) >= 11 is 3.35. The van der Waals surface area contributed by atoms with Crippen LogP contribution in [0, 0.1) is 0 Å². The summed E-state index contributed by atoms with van der Waals surface area (Å²) in [4.78, 5) is 37.6. The lowest BCUT2D eigenvalue weighted by molar-refractivity contribution is -0.131. The highest BCUT2D eigenvalue weighted by Gasteiger charge is 2.28. The average Bonchev–Trinajstić information content (AvgIpc) is 3.46. The number of hydrogen-bond donors (Lipinski definition) is 1. The molecule has 1 aromatic carbocycles. The van der Waals surface area contributed by atoms with Gasteiger partial charge in [-0.25, -0.2) is 4.98 Å². The number of carbonyl (C=O) groups excluding carboxylic acids is 1. The first-order valence-electron chi connectivity index (χ1n) is 12.2. The van der Waals surface area contributed by atoms with E-state index in [9.17, 15) is 9.59 Å². The molecule has 1 fully saturated rings. The number of ether oxygens (including phenoxy) is 1. The highest BCUT2D eigenvalue weighted by atomic mass is 32.2. The van der Waals surface area contributed by atoms with Crippen molar-refractivity contribution in [2.75, 3.05) is 19.4 Å². The first-order valence-corrected chi connectivity index (χ1v) is 14.1. The van der Waals surface area contributed by atoms with Gasteiger partial charge >= 0.3 is 0 Å². The average molecular weight is 498 g/mol. The van der Waals surface area contributed by atoms with Gasteiger partial charge in [-0.3, -0.25) is 9.59 Å². The van der Waals surface area contributed by atoms with Crippen LogP contribution in [0.1, 0.15) is 53.9 Å². The van der Waals surface area contributed by atoms with E-state index in [0.29, 0.717) is 18.0 Å². The molecule has 1 atom stereocenters. The van der Waals surface area contributed by atoms with Crippen molar-refractivity contribution in [2.24, 2.45) is 0 Å². The van der Waals surface area contributed by atoms with Gasteiger partial charge < -0.3 is 14.6 Å². The number of hydrogen-bond acceptors (Lipinski definition) is 6. The van der Waals surface area contributed by atoms with E-state index < -0.39 is 0 Å². The molecule has 8 heteroatoms. The van der Waals surface area contributed by atoms with E-state index in [2.05, 4.69) is 22.0 Å². The Bertz CT molecular complexity index is 1240. The van der Waals surface area contributed by atoms with E-state index >= 15 is 0 Å². The number of methoxy groups -OCH3 is 1. The number of nitrogens with one attached hydrogen (secondary N) is 1. The number of thiophene rings is 1. The Morgan fingerprint density at radius 1 is 1.29 bits per heavy atom. The number of amides is 1. The highest BCUT2D eigenvalue weighted by molar-refractivity contribution is 7.98. The molecule has 3 heterocycles. The third kappa shape index (κ3) is 5.03. The SMILES string of the molecule is COc1cccc(CC2CCCN2C(=O)CCSCc2nc3sc4c(c3c(=O)[nH]2)CCCC4)c1. The summed E-state index contributed by atoms with van der Waals surface area (Å²) in [6, 6.07) is 8.38. The second kappa shape index (κ2) is 10.5. The van der Waals surface area contributed by atoms with Crippen molar-refractivity contribution in [3.63, 3.8) is 0 Å². The number of aromatic nitrogens is 2. The van der Waals surface area contributed by atoms with E-state index in [0.717, 1.165) is 66.8 Å². The number of likely N-dealkylation sites (tertiary alicyclic amines) is 1. The van der Waals surface area contributed by atoms with Crippen LogP contribution in [0.3, 0.4) is 0 Å². The number of carbonyl (C=O) groups is 1. The molecule has 180 valence electrons. The second-order valence-corrected chi connectivity index (χ2v) is 11.3. The van der Waals surface area contributed by atoms with Gasteiger partial charge in [-0.1, -0.05) is 12.1 Å². The van der Waals surface area contributed by atoms with Gasteiger partial charge in [0.15, 0.2) is 0 Å². The predicted octanol–water partition coefficient (Wildman–Crippen LogP) is 4.73. The van der Waals surface area contributed by atoms with Crippen LogP contribution in [0.4, 0.5) is 0 Å². The highest BCUT2D eigenvalue weighted by Crippen LogP contribution is 2.33. The molecule has 1 aliphatic heterocycles. The molecule has 6 nitrogen and oxygen atoms in total. The maximum Gasteiger partial charge on any atom is 0.259 e. The van der Waals surface area contributed by atoms with E-state index in [1.807, 2.05) is 12.1 Å². The van der Waals surface area contributed by atoms with Gasteiger partial charge in [0.25, 0.3) is 5.56 Å². The predicted molar refractivity (Wildman–Crippen MR) is 139 cm³/mol. The summed E-state index contributed by atoms with van der Waals surface area (Å²) in [5.41, 5.74) is 2.42. The van der Waals surface area contributed by atoms with E-state index in [4.69, 9.17) is 9.72 Å². The standard InChI is InChI=1S/C26H31N3O3S2/c1-32-19-8-4-6-17(15-19)14-18-7-5-12-29(18)23(30)11-13-33-16-22-27-25(31)24-20-9-2-3-10-21(20)34-26(24)28-22/h4,6,8,15,18H,2-3,5,7,9-14,16H2,1H3,(H,27,28,31). The van der Waals surface area contributed by atoms with Crippen LogP contribution >= 0.6 is 23.1 Å². The van der Waals surface area contributed by atoms with Crippen molar-refractivity contribution >= 4 is 39.2 Å². The number of rotatable bonds is 8. The van der Waals surface area contributed by atoms with Crippen molar-refractivity contribution in [1.82, 2.24) is 14.9 Å². The van der Waals surface area contributed by atoms with Gasteiger partial charge in [0.2, 0.25) is 5.91 Å². The summed E-state index contributed by atoms with van der Waals surface area (Å²) in [6.07, 6.45) is 7.90. The molecule has 5 rings (SSSR count). The minimum atomic E-state index is -0.00599. The molecule has 0 bridgehead atoms. The molecule has 1 amide bonds. The summed E-state index contributed by atoms with van der Waals surface area (Å²) in [7, 11) is 1.68. The Balaban J connectivity index is 1.15. The quantitative estimate of drug-likeness (QED) is 0.456. The maximum absolute atomic E-state index is 12.9. The Hall–Kier alpha value is -2.32. The summed E-state index contributed by atoms with van der Waals surface area (Å²) in [5, 5.41) is 0.805. The van der Waals surface area contributed by atoms with Crippen LogP contribution in [0.25, 0.3) is 10.2 Å². The number of fused-ring (bicyclic) bond motifs is 3. The molecular formula is C26H31N3O3S2. The summed E-state index contributed by atoms with van der Waals surface area (Å²) in [5.74, 6) is 3.14. The molecule has 2 aromatic heterocycles. The smallest absolute Gasteiger partial charge is 0.259 e. The number of aromatic amines is 1. The molecule has 1 saturated heterocycles. The number of benzene rings is 1. The third-order valence-corrected chi connectivity index (χ3v) is 9.03. The first kappa shape index (κ1) is 23.4. The van der Waals surface area contributed by atoms with Gasteiger partial charge in [-0.05, 0) is 68.2 Å². The Morgan fingerprint density at radius 2 is 2.18 bits per heavy atom. The van der Waals surface area contributed by atoms with Crippen molar-refractivity contribution in [3.8, 4) is 5.75 Å². The fraction of sp³-hybridized carbons (Fsp3) is 0.500. The zero-order valence-electron chi connectivity index (χ0n) is 19.6. The van der Waals surface area contributed by atoms with Crippen molar-refractivity contribution in [3.05, 3.63) is 56.4 Å². The Labute approximate surface area is 208 Å². The van der Waals surface area contributed by atoms with Crippen LogP contribution in [0.2, 0.25) is 0 Å². The topological polar surface area (TPSA) is 75.3 Å². The van der Waals surface area contributed by atoms with Gasteiger partial charge in [0.1, 0.15) is 16.4 Å². The van der Waals surface area contributed by atoms with E-state index in [1.54, 1.807) is 30.2 Å². The summed E-state index contributed by atoms with van der Waals surface area (Å²) in [6.45, 7) is 0.840. The zero-order chi connectivity index (χ0) is 23.5. The number of nitrogens with zero attached hydrogens (tertiary/aromatic N) is 2. The lowest BCUT2D eigenvalue weighted by Gasteiger charge is -2.25. The van der Waals surface area contributed by atoms with Crippen molar-refractivity contribution in [2.45, 2.75) is 63.2 Å². The van der Waals surface area contributed by atoms with Gasteiger partial charge in [0.05, 0.1) is 18.2 Å². The van der Waals surface area contributed by atoms with Crippen LogP contribution in [0.15, 0.2) is 29.1 Å². The van der Waals surface area contributed by atoms with Crippen LogP contribution in [-0.4, -0.2) is 46.2 Å². The molecule has 0 radical (unpaired) electrons. The fourth-order valence-corrected chi connectivity index (χ4v) is 7.27. The lowest BCUT2D eigenvalue weighted by atomic mass is 9.97. The Morgan fingerprint density at radius 3 is 3.06 bits per heavy atom. The summed E-state index contributed by atoms with van der Waals surface area (Å²) < 4.78 is 5.34. The van der Waals surface area contributed by atoms with Crippen LogP contribution in [-0.2, 0) is 29.8 Å². The second-order valence-electron chi connectivity index (χ2n) is 9.15. The van der Waals surface area contributed by atoms with Gasteiger partial charge in [-0.15, -0.1) is 11.3 Å². The number of thioether (sulfide) groups is 1. The van der Waals surface area contributed by atoms with Crippen molar-refractivity contribution < 1.29 is 9.53 Å². The Kier molecular flexibility index (Phi) is 7.25. The molecular weight excluding hydrogens is 466 g/mol. The normalized spacial score (nSPS) is 17.8. The van der Waals surface area contributed by atoms with Crippen molar-refractivity contribution in [1.29, 1.82) is 0 Å². The lowest BCUT2D eigenvalue weighted by Crippen LogP contribution is -2.37. The van der Waals surface area contributed by atoms with Gasteiger partial charge in [-0.2, -0.15) is 11.8 Å². The molecule has 0 saturated carbocycles. The van der Waals surface area contributed by atoms with Crippen LogP contribution < -0.4 is 10.3 Å². The largest absolute Gasteiger partial charge is 0.497 e. The monoisotopic (exact) mass is 497 g/mol. The molecule has 2 aliphatic rings. The molecule has 34 heavy (non-hydrogen) atoms. The molecule has 3 aromatic rings.